The third kappa shape index (κ3) is 3.35. The average molecular weight is 341 g/mol. The van der Waals surface area contributed by atoms with Crippen LogP contribution < -0.4 is 4.74 Å². The van der Waals surface area contributed by atoms with Crippen LogP contribution in [0.2, 0.25) is 0 Å². The first kappa shape index (κ1) is 16.6. The molecule has 3 aromatic rings. The van der Waals surface area contributed by atoms with Crippen LogP contribution in [-0.2, 0) is 4.74 Å². The van der Waals surface area contributed by atoms with E-state index in [4.69, 9.17) is 9.47 Å². The molecule has 0 aliphatic rings. The number of aromatic nitrogens is 3. The monoisotopic (exact) mass is 341 g/mol. The third-order valence-corrected chi connectivity index (χ3v) is 3.52. The van der Waals surface area contributed by atoms with E-state index in [1.807, 2.05) is 0 Å². The molecule has 0 amide bonds. The third-order valence-electron chi connectivity index (χ3n) is 3.52. The summed E-state index contributed by atoms with van der Waals surface area (Å²) in [6.45, 7) is 1.94. The molecule has 3 rings (SSSR count). The maximum atomic E-state index is 14.3. The molecule has 0 N–H and O–H groups in total. The van der Waals surface area contributed by atoms with E-state index in [1.54, 1.807) is 37.3 Å². The van der Waals surface area contributed by atoms with Crippen molar-refractivity contribution in [3.63, 3.8) is 0 Å². The van der Waals surface area contributed by atoms with Crippen LogP contribution in [0, 0.1) is 5.82 Å². The molecule has 128 valence electrons. The molecule has 0 radical (unpaired) electrons. The van der Waals surface area contributed by atoms with Crippen molar-refractivity contribution in [2.75, 3.05) is 13.7 Å². The molecule has 1 aromatic carbocycles. The van der Waals surface area contributed by atoms with Crippen molar-refractivity contribution >= 4 is 5.97 Å². The van der Waals surface area contributed by atoms with Gasteiger partial charge in [-0.15, -0.1) is 0 Å². The minimum atomic E-state index is -0.569. The lowest BCUT2D eigenvalue weighted by molar-refractivity contribution is 0.0519. The number of hydrogen-bond donors (Lipinski definition) is 0. The van der Waals surface area contributed by atoms with E-state index < -0.39 is 11.8 Å². The van der Waals surface area contributed by atoms with Gasteiger partial charge >= 0.3 is 5.97 Å². The Balaban J connectivity index is 2.14. The second-order valence-electron chi connectivity index (χ2n) is 5.09. The lowest BCUT2D eigenvalue weighted by atomic mass is 10.1. The molecular formula is C18H16FN3O3. The maximum absolute atomic E-state index is 14.3. The van der Waals surface area contributed by atoms with Crippen LogP contribution >= 0.6 is 0 Å². The highest BCUT2D eigenvalue weighted by molar-refractivity contribution is 5.89. The smallest absolute Gasteiger partial charge is 0.358 e. The van der Waals surface area contributed by atoms with Crippen molar-refractivity contribution in [1.29, 1.82) is 0 Å². The molecule has 0 saturated carbocycles. The molecule has 6 nitrogen and oxygen atoms in total. The number of esters is 1. The van der Waals surface area contributed by atoms with Gasteiger partial charge in [0.05, 0.1) is 31.3 Å². The van der Waals surface area contributed by atoms with Crippen molar-refractivity contribution < 1.29 is 18.7 Å². The largest absolute Gasteiger partial charge is 0.481 e. The first-order valence-electron chi connectivity index (χ1n) is 7.66. The molecule has 7 heteroatoms. The van der Waals surface area contributed by atoms with Crippen LogP contribution in [0.5, 0.6) is 5.88 Å². The lowest BCUT2D eigenvalue weighted by Gasteiger charge is -2.08. The minimum absolute atomic E-state index is 0.0934. The Morgan fingerprint density at radius 3 is 2.68 bits per heavy atom. The molecule has 0 unspecified atom stereocenters. The number of carbonyl (C=O) groups excluding carboxylic acids is 1. The number of hydrogen-bond acceptors (Lipinski definition) is 5. The first-order valence-corrected chi connectivity index (χ1v) is 7.66. The Kier molecular flexibility index (Phi) is 4.74. The van der Waals surface area contributed by atoms with E-state index in [-0.39, 0.29) is 12.3 Å². The van der Waals surface area contributed by atoms with Crippen molar-refractivity contribution in [2.24, 2.45) is 0 Å². The first-order chi connectivity index (χ1) is 12.1. The Bertz CT molecular complexity index is 891. The van der Waals surface area contributed by atoms with Gasteiger partial charge in [0.15, 0.2) is 5.69 Å². The summed E-state index contributed by atoms with van der Waals surface area (Å²) in [7, 11) is 1.51. The fourth-order valence-electron chi connectivity index (χ4n) is 2.36. The Hall–Kier alpha value is -3.22. The molecule has 0 aliphatic heterocycles. The van der Waals surface area contributed by atoms with Crippen LogP contribution in [0.3, 0.4) is 0 Å². The van der Waals surface area contributed by atoms with Gasteiger partial charge in [-0.3, -0.25) is 0 Å². The Morgan fingerprint density at radius 1 is 1.24 bits per heavy atom. The SMILES string of the molecule is CCOC(=O)c1cc(-c2ccccc2F)n(-c2ccc(OC)nc2)n1. The predicted molar refractivity (Wildman–Crippen MR) is 89.3 cm³/mol. The number of benzene rings is 1. The van der Waals surface area contributed by atoms with Gasteiger partial charge in [0.2, 0.25) is 5.88 Å². The summed E-state index contributed by atoms with van der Waals surface area (Å²) in [5, 5.41) is 4.27. The highest BCUT2D eigenvalue weighted by atomic mass is 19.1. The summed E-state index contributed by atoms with van der Waals surface area (Å²) in [5.74, 6) is -0.546. The van der Waals surface area contributed by atoms with Crippen LogP contribution in [0.4, 0.5) is 4.39 Å². The van der Waals surface area contributed by atoms with Crippen molar-refractivity contribution in [2.45, 2.75) is 6.92 Å². The molecule has 0 spiro atoms. The standard InChI is InChI=1S/C18H16FN3O3/c1-3-25-18(23)15-10-16(13-6-4-5-7-14(13)19)22(21-15)12-8-9-17(24-2)20-11-12/h4-11H,3H2,1-2H3. The molecule has 0 fully saturated rings. The molecule has 0 saturated heterocycles. The summed E-state index contributed by atoms with van der Waals surface area (Å²) in [6.07, 6.45) is 1.53. The maximum Gasteiger partial charge on any atom is 0.358 e. The van der Waals surface area contributed by atoms with E-state index in [2.05, 4.69) is 10.1 Å². The van der Waals surface area contributed by atoms with E-state index >= 15 is 0 Å². The van der Waals surface area contributed by atoms with Gasteiger partial charge in [0, 0.05) is 11.6 Å². The van der Waals surface area contributed by atoms with E-state index in [1.165, 1.54) is 30.1 Å². The zero-order chi connectivity index (χ0) is 17.8. The van der Waals surface area contributed by atoms with Crippen molar-refractivity contribution in [1.82, 2.24) is 14.8 Å². The van der Waals surface area contributed by atoms with E-state index in [0.29, 0.717) is 22.8 Å². The molecular weight excluding hydrogens is 325 g/mol. The summed E-state index contributed by atoms with van der Waals surface area (Å²) in [5.41, 5.74) is 1.40. The second kappa shape index (κ2) is 7.12. The highest BCUT2D eigenvalue weighted by Crippen LogP contribution is 2.27. The zero-order valence-electron chi connectivity index (χ0n) is 13.8. The van der Waals surface area contributed by atoms with E-state index in [9.17, 15) is 9.18 Å². The molecule has 0 atom stereocenters. The predicted octanol–water partition coefficient (Wildman–Crippen LogP) is 3.26. The highest BCUT2D eigenvalue weighted by Gasteiger charge is 2.19. The van der Waals surface area contributed by atoms with Crippen molar-refractivity contribution in [3.8, 4) is 22.8 Å². The number of carbonyl (C=O) groups is 1. The zero-order valence-corrected chi connectivity index (χ0v) is 13.8. The number of methoxy groups -OCH3 is 1. The lowest BCUT2D eigenvalue weighted by Crippen LogP contribution is -2.07. The van der Waals surface area contributed by atoms with Crippen LogP contribution in [-0.4, -0.2) is 34.5 Å². The fourth-order valence-corrected chi connectivity index (χ4v) is 2.36. The van der Waals surface area contributed by atoms with Gasteiger partial charge < -0.3 is 9.47 Å². The molecule has 0 bridgehead atoms. The van der Waals surface area contributed by atoms with Crippen molar-refractivity contribution in [3.05, 3.63) is 60.2 Å². The van der Waals surface area contributed by atoms with Crippen LogP contribution in [0.15, 0.2) is 48.7 Å². The van der Waals surface area contributed by atoms with Crippen LogP contribution in [0.25, 0.3) is 16.9 Å². The molecule has 2 aromatic heterocycles. The van der Waals surface area contributed by atoms with Crippen LogP contribution in [0.1, 0.15) is 17.4 Å². The van der Waals surface area contributed by atoms with Gasteiger partial charge in [0.1, 0.15) is 5.82 Å². The molecule has 2 heterocycles. The quantitative estimate of drug-likeness (QED) is 0.667. The summed E-state index contributed by atoms with van der Waals surface area (Å²) < 4.78 is 25.7. The minimum Gasteiger partial charge on any atom is -0.481 e. The van der Waals surface area contributed by atoms with Gasteiger partial charge in [-0.1, -0.05) is 12.1 Å². The van der Waals surface area contributed by atoms with Gasteiger partial charge in [-0.2, -0.15) is 5.10 Å². The average Bonchev–Trinajstić information content (AvgIpc) is 3.07. The van der Waals surface area contributed by atoms with Gasteiger partial charge in [-0.05, 0) is 31.2 Å². The normalized spacial score (nSPS) is 10.5. The number of nitrogens with zero attached hydrogens (tertiary/aromatic N) is 3. The fraction of sp³-hybridized carbons (Fsp3) is 0.167. The summed E-state index contributed by atoms with van der Waals surface area (Å²) in [4.78, 5) is 16.2. The molecule has 0 aliphatic carbocycles. The summed E-state index contributed by atoms with van der Waals surface area (Å²) in [6, 6.07) is 11.2. The number of rotatable bonds is 5. The number of halogens is 1. The number of pyridine rings is 1. The summed E-state index contributed by atoms with van der Waals surface area (Å²) >= 11 is 0. The van der Waals surface area contributed by atoms with Gasteiger partial charge in [-0.25, -0.2) is 18.9 Å². The van der Waals surface area contributed by atoms with E-state index in [0.717, 1.165) is 0 Å². The molecule has 25 heavy (non-hydrogen) atoms. The Morgan fingerprint density at radius 2 is 2.04 bits per heavy atom. The number of ether oxygens (including phenoxy) is 2. The van der Waals surface area contributed by atoms with Gasteiger partial charge in [0.25, 0.3) is 0 Å². The topological polar surface area (TPSA) is 66.2 Å². The Labute approximate surface area is 143 Å². The second-order valence-corrected chi connectivity index (χ2v) is 5.09.